The van der Waals surface area contributed by atoms with Crippen molar-refractivity contribution in [2.24, 2.45) is 0 Å². The highest BCUT2D eigenvalue weighted by Crippen LogP contribution is 2.27. The topological polar surface area (TPSA) is 96.4 Å². The Labute approximate surface area is 151 Å². The van der Waals surface area contributed by atoms with E-state index in [-0.39, 0.29) is 11.8 Å². The molecule has 0 bridgehead atoms. The van der Waals surface area contributed by atoms with Gasteiger partial charge in [0.15, 0.2) is 5.78 Å². The van der Waals surface area contributed by atoms with E-state index in [1.807, 2.05) is 30.3 Å². The quantitative estimate of drug-likeness (QED) is 0.443. The van der Waals surface area contributed by atoms with Gasteiger partial charge in [-0.05, 0) is 36.8 Å². The van der Waals surface area contributed by atoms with Crippen LogP contribution in [-0.4, -0.2) is 34.7 Å². The largest absolute Gasteiger partial charge is 0.382 e. The van der Waals surface area contributed by atoms with E-state index >= 15 is 0 Å². The number of hydrogen-bond acceptors (Lipinski definition) is 7. The minimum absolute atomic E-state index is 0.0459. The Morgan fingerprint density at radius 2 is 2.04 bits per heavy atom. The highest BCUT2D eigenvalue weighted by Gasteiger charge is 2.16. The Morgan fingerprint density at radius 1 is 1.23 bits per heavy atom. The maximum absolute atomic E-state index is 11.9. The summed E-state index contributed by atoms with van der Waals surface area (Å²) < 4.78 is 5.34. The Hall–Kier alpha value is -3.03. The number of fused-ring (bicyclic) bond motifs is 1. The molecule has 3 aromatic rings. The molecule has 0 saturated carbocycles. The lowest BCUT2D eigenvalue weighted by atomic mass is 10.1. The monoisotopic (exact) mass is 352 g/mol. The fourth-order valence-corrected chi connectivity index (χ4v) is 2.86. The second kappa shape index (κ2) is 7.90. The number of methoxy groups -OCH3 is 1. The first-order chi connectivity index (χ1) is 12.6. The average Bonchev–Trinajstić information content (AvgIpc) is 2.67. The summed E-state index contributed by atoms with van der Waals surface area (Å²) >= 11 is 0. The van der Waals surface area contributed by atoms with Crippen LogP contribution in [0.15, 0.2) is 48.8 Å². The van der Waals surface area contributed by atoms with E-state index in [9.17, 15) is 4.79 Å². The lowest BCUT2D eigenvalue weighted by Crippen LogP contribution is -2.17. The van der Waals surface area contributed by atoms with Crippen LogP contribution in [0.1, 0.15) is 28.9 Å². The Morgan fingerprint density at radius 3 is 2.77 bits per heavy atom. The fraction of sp³-hybridized carbons (Fsp3) is 0.211. The van der Waals surface area contributed by atoms with Crippen LogP contribution in [0.5, 0.6) is 0 Å². The summed E-state index contributed by atoms with van der Waals surface area (Å²) in [5.41, 5.74) is 4.81. The number of hydrogen-bond donors (Lipinski definition) is 3. The van der Waals surface area contributed by atoms with E-state index in [2.05, 4.69) is 20.8 Å². The van der Waals surface area contributed by atoms with E-state index in [0.717, 1.165) is 10.9 Å². The predicted octanol–water partition coefficient (Wildman–Crippen LogP) is 3.43. The number of nitrogens with one attached hydrogen (secondary N) is 2. The lowest BCUT2D eigenvalue weighted by Gasteiger charge is -2.20. The van der Waals surface area contributed by atoms with Crippen LogP contribution in [0.25, 0.3) is 10.9 Å². The van der Waals surface area contributed by atoms with Crippen LogP contribution < -0.4 is 10.8 Å². The van der Waals surface area contributed by atoms with Gasteiger partial charge >= 0.3 is 0 Å². The second-order valence-electron chi connectivity index (χ2n) is 5.87. The molecule has 1 aromatic heterocycles. The van der Waals surface area contributed by atoms with Gasteiger partial charge in [-0.3, -0.25) is 15.5 Å². The van der Waals surface area contributed by atoms with Crippen molar-refractivity contribution < 1.29 is 14.7 Å². The standard InChI is InChI=1S/C19H20N4O3/c1-12(24)15-7-4-8-16-18(15)20-11-21-19(16)22-17(10-26-2)13-5-3-6-14(9-13)23-25/h3-9,11,17,23,25H,10H2,1-2H3,(H,20,21,22). The van der Waals surface area contributed by atoms with Gasteiger partial charge in [-0.1, -0.05) is 18.2 Å². The third kappa shape index (κ3) is 3.63. The van der Waals surface area contributed by atoms with Crippen LogP contribution in [0, 0.1) is 0 Å². The average molecular weight is 352 g/mol. The lowest BCUT2D eigenvalue weighted by molar-refractivity contribution is 0.101. The smallest absolute Gasteiger partial charge is 0.161 e. The van der Waals surface area contributed by atoms with Gasteiger partial charge in [0.2, 0.25) is 0 Å². The molecule has 0 fully saturated rings. The second-order valence-corrected chi connectivity index (χ2v) is 5.87. The fourth-order valence-electron chi connectivity index (χ4n) is 2.86. The van der Waals surface area contributed by atoms with E-state index < -0.39 is 0 Å². The van der Waals surface area contributed by atoms with Gasteiger partial charge in [0.05, 0.1) is 23.9 Å². The van der Waals surface area contributed by atoms with Crippen molar-refractivity contribution in [1.82, 2.24) is 9.97 Å². The molecule has 1 unspecified atom stereocenters. The van der Waals surface area contributed by atoms with Gasteiger partial charge in [0.1, 0.15) is 12.1 Å². The molecule has 0 radical (unpaired) electrons. The van der Waals surface area contributed by atoms with E-state index in [0.29, 0.717) is 29.2 Å². The number of nitrogens with zero attached hydrogens (tertiary/aromatic N) is 2. The molecule has 0 spiro atoms. The van der Waals surface area contributed by atoms with Crippen LogP contribution in [0.2, 0.25) is 0 Å². The molecule has 3 N–H and O–H groups in total. The van der Waals surface area contributed by atoms with E-state index in [1.54, 1.807) is 19.2 Å². The zero-order chi connectivity index (χ0) is 18.5. The normalized spacial score (nSPS) is 12.0. The van der Waals surface area contributed by atoms with Crippen LogP contribution >= 0.6 is 0 Å². The van der Waals surface area contributed by atoms with Gasteiger partial charge in [0, 0.05) is 18.1 Å². The van der Waals surface area contributed by atoms with E-state index in [4.69, 9.17) is 9.94 Å². The molecule has 0 amide bonds. The van der Waals surface area contributed by atoms with Crippen molar-refractivity contribution in [2.75, 3.05) is 24.5 Å². The van der Waals surface area contributed by atoms with Crippen molar-refractivity contribution in [2.45, 2.75) is 13.0 Å². The Kier molecular flexibility index (Phi) is 5.40. The summed E-state index contributed by atoms with van der Waals surface area (Å²) in [6, 6.07) is 12.6. The molecule has 1 heterocycles. The van der Waals surface area contributed by atoms with E-state index in [1.165, 1.54) is 13.3 Å². The first-order valence-corrected chi connectivity index (χ1v) is 8.14. The number of carbonyl (C=O) groups is 1. The summed E-state index contributed by atoms with van der Waals surface area (Å²) in [5, 5.41) is 13.3. The van der Waals surface area contributed by atoms with Gasteiger partial charge in [-0.2, -0.15) is 0 Å². The van der Waals surface area contributed by atoms with Gasteiger partial charge in [0.25, 0.3) is 0 Å². The molecule has 0 saturated heterocycles. The molecule has 3 rings (SSSR count). The molecule has 2 aromatic carbocycles. The molecule has 0 aliphatic carbocycles. The molecule has 7 nitrogen and oxygen atoms in total. The highest BCUT2D eigenvalue weighted by molar-refractivity contribution is 6.07. The van der Waals surface area contributed by atoms with Crippen molar-refractivity contribution in [1.29, 1.82) is 0 Å². The first-order valence-electron chi connectivity index (χ1n) is 8.14. The minimum Gasteiger partial charge on any atom is -0.382 e. The number of Topliss-reactive ketones (excluding diaryl/α,β-unsaturated/α-hetero) is 1. The number of benzene rings is 2. The van der Waals surface area contributed by atoms with Crippen LogP contribution in [-0.2, 0) is 4.74 Å². The SMILES string of the molecule is COCC(Nc1ncnc2c(C(C)=O)cccc12)c1cccc(NO)c1. The van der Waals surface area contributed by atoms with Crippen molar-refractivity contribution in [3.05, 3.63) is 59.9 Å². The Balaban J connectivity index is 2.02. The number of rotatable bonds is 7. The van der Waals surface area contributed by atoms with Gasteiger partial charge in [-0.15, -0.1) is 0 Å². The number of carbonyl (C=O) groups excluding carboxylic acids is 1. The van der Waals surface area contributed by atoms with Crippen LogP contribution in [0.4, 0.5) is 11.5 Å². The van der Waals surface area contributed by atoms with Crippen molar-refractivity contribution >= 4 is 28.2 Å². The maximum Gasteiger partial charge on any atom is 0.161 e. The Bertz CT molecular complexity index is 930. The number of anilines is 2. The molecular weight excluding hydrogens is 332 g/mol. The zero-order valence-electron chi connectivity index (χ0n) is 14.6. The van der Waals surface area contributed by atoms with Crippen LogP contribution in [0.3, 0.4) is 0 Å². The molecule has 1 atom stereocenters. The summed E-state index contributed by atoms with van der Waals surface area (Å²) in [6.07, 6.45) is 1.44. The number of para-hydroxylation sites is 1. The summed E-state index contributed by atoms with van der Waals surface area (Å²) in [6.45, 7) is 1.91. The van der Waals surface area contributed by atoms with Gasteiger partial charge in [-0.25, -0.2) is 9.97 Å². The highest BCUT2D eigenvalue weighted by atomic mass is 16.5. The zero-order valence-corrected chi connectivity index (χ0v) is 14.6. The summed E-state index contributed by atoms with van der Waals surface area (Å²) in [5.74, 6) is 0.568. The molecule has 134 valence electrons. The number of ketones is 1. The summed E-state index contributed by atoms with van der Waals surface area (Å²) in [7, 11) is 1.62. The van der Waals surface area contributed by atoms with Gasteiger partial charge < -0.3 is 10.1 Å². The third-order valence-corrected chi connectivity index (χ3v) is 4.11. The first kappa shape index (κ1) is 17.8. The minimum atomic E-state index is -0.201. The molecule has 7 heteroatoms. The molecule has 26 heavy (non-hydrogen) atoms. The molecule has 0 aliphatic heterocycles. The third-order valence-electron chi connectivity index (χ3n) is 4.11. The predicted molar refractivity (Wildman–Crippen MR) is 99.6 cm³/mol. The number of ether oxygens (including phenoxy) is 1. The number of aromatic nitrogens is 2. The maximum atomic E-state index is 11.9. The van der Waals surface area contributed by atoms with Crippen molar-refractivity contribution in [3.63, 3.8) is 0 Å². The van der Waals surface area contributed by atoms with Crippen molar-refractivity contribution in [3.8, 4) is 0 Å². The molecule has 0 aliphatic rings. The summed E-state index contributed by atoms with van der Waals surface area (Å²) in [4.78, 5) is 20.5. The molecular formula is C19H20N4O3.